The summed E-state index contributed by atoms with van der Waals surface area (Å²) in [5.74, 6) is 1.52. The van der Waals surface area contributed by atoms with Crippen LogP contribution in [-0.4, -0.2) is 58.7 Å². The Kier molecular flexibility index (Phi) is 4.38. The van der Waals surface area contributed by atoms with Crippen LogP contribution < -0.4 is 9.64 Å². The normalized spacial score (nSPS) is 14.7. The Bertz CT molecular complexity index is 932. The van der Waals surface area contributed by atoms with Crippen LogP contribution >= 0.6 is 11.6 Å². The largest absolute Gasteiger partial charge is 0.497 e. The second-order valence-electron chi connectivity index (χ2n) is 6.08. The molecule has 2 aromatic heterocycles. The van der Waals surface area contributed by atoms with E-state index in [4.69, 9.17) is 16.3 Å². The number of carbonyl (C=O) groups is 1. The molecule has 0 unspecified atom stereocenters. The monoisotopic (exact) mass is 371 g/mol. The summed E-state index contributed by atoms with van der Waals surface area (Å²) in [6, 6.07) is 10.8. The zero-order valence-electron chi connectivity index (χ0n) is 14.3. The van der Waals surface area contributed by atoms with Gasteiger partial charge in [0, 0.05) is 37.9 Å². The van der Waals surface area contributed by atoms with Crippen molar-refractivity contribution in [2.45, 2.75) is 0 Å². The Morgan fingerprint density at radius 1 is 1.04 bits per heavy atom. The van der Waals surface area contributed by atoms with Crippen molar-refractivity contribution >= 4 is 29.1 Å². The van der Waals surface area contributed by atoms with Crippen molar-refractivity contribution in [1.29, 1.82) is 0 Å². The first-order chi connectivity index (χ1) is 12.7. The lowest BCUT2D eigenvalue weighted by Crippen LogP contribution is -2.49. The number of pyridine rings is 1. The van der Waals surface area contributed by atoms with Crippen molar-refractivity contribution in [3.63, 3.8) is 0 Å². The number of nitrogens with zero attached hydrogens (tertiary/aromatic N) is 5. The number of hydrogen-bond donors (Lipinski definition) is 0. The molecule has 0 radical (unpaired) electrons. The third-order valence-electron chi connectivity index (χ3n) is 4.53. The number of rotatable bonds is 3. The minimum absolute atomic E-state index is 0.0291. The summed E-state index contributed by atoms with van der Waals surface area (Å²) >= 11 is 6.08. The van der Waals surface area contributed by atoms with Crippen LogP contribution in [0.25, 0.3) is 5.65 Å². The standard InChI is InChI=1S/C18H18ClN5O2/c1-26-15-5-2-13(3-6-15)17(25)22-8-10-23(11-9-22)18-21-20-16-7-4-14(19)12-24(16)18/h2-7,12H,8-11H2,1H3. The van der Waals surface area contributed by atoms with Crippen LogP contribution in [0.1, 0.15) is 10.4 Å². The van der Waals surface area contributed by atoms with Gasteiger partial charge in [-0.15, -0.1) is 10.2 Å². The Hall–Kier alpha value is -2.80. The van der Waals surface area contributed by atoms with E-state index < -0.39 is 0 Å². The van der Waals surface area contributed by atoms with Gasteiger partial charge in [-0.2, -0.15) is 0 Å². The highest BCUT2D eigenvalue weighted by atomic mass is 35.5. The molecule has 8 heteroatoms. The summed E-state index contributed by atoms with van der Waals surface area (Å²) in [5, 5.41) is 9.07. The summed E-state index contributed by atoms with van der Waals surface area (Å²) in [6.07, 6.45) is 1.81. The highest BCUT2D eigenvalue weighted by Gasteiger charge is 2.24. The summed E-state index contributed by atoms with van der Waals surface area (Å²) in [6.45, 7) is 2.63. The van der Waals surface area contributed by atoms with E-state index in [-0.39, 0.29) is 5.91 Å². The number of aromatic nitrogens is 3. The fourth-order valence-electron chi connectivity index (χ4n) is 3.09. The molecule has 0 aliphatic carbocycles. The Labute approximate surface area is 155 Å². The molecule has 3 heterocycles. The number of benzene rings is 1. The number of ether oxygens (including phenoxy) is 1. The van der Waals surface area contributed by atoms with Gasteiger partial charge in [0.1, 0.15) is 5.75 Å². The lowest BCUT2D eigenvalue weighted by atomic mass is 10.1. The van der Waals surface area contributed by atoms with E-state index in [1.54, 1.807) is 43.6 Å². The number of amides is 1. The first-order valence-electron chi connectivity index (χ1n) is 8.34. The van der Waals surface area contributed by atoms with Gasteiger partial charge >= 0.3 is 0 Å². The topological polar surface area (TPSA) is 63.0 Å². The molecule has 1 aromatic carbocycles. The van der Waals surface area contributed by atoms with Gasteiger partial charge in [-0.25, -0.2) is 0 Å². The maximum absolute atomic E-state index is 12.7. The van der Waals surface area contributed by atoms with Gasteiger partial charge in [0.25, 0.3) is 5.91 Å². The van der Waals surface area contributed by atoms with Crippen molar-refractivity contribution in [3.05, 3.63) is 53.2 Å². The molecule has 0 atom stereocenters. The number of anilines is 1. The van der Waals surface area contributed by atoms with E-state index in [1.807, 2.05) is 15.4 Å². The number of fused-ring (bicyclic) bond motifs is 1. The van der Waals surface area contributed by atoms with E-state index in [1.165, 1.54) is 0 Å². The van der Waals surface area contributed by atoms with Gasteiger partial charge in [-0.3, -0.25) is 9.20 Å². The Morgan fingerprint density at radius 3 is 2.46 bits per heavy atom. The van der Waals surface area contributed by atoms with Crippen LogP contribution in [0.3, 0.4) is 0 Å². The maximum Gasteiger partial charge on any atom is 0.253 e. The molecule has 0 saturated carbocycles. The minimum Gasteiger partial charge on any atom is -0.497 e. The second kappa shape index (κ2) is 6.84. The highest BCUT2D eigenvalue weighted by molar-refractivity contribution is 6.30. The predicted molar refractivity (Wildman–Crippen MR) is 99.1 cm³/mol. The lowest BCUT2D eigenvalue weighted by Gasteiger charge is -2.34. The number of methoxy groups -OCH3 is 1. The molecule has 134 valence electrons. The maximum atomic E-state index is 12.7. The smallest absolute Gasteiger partial charge is 0.253 e. The molecular weight excluding hydrogens is 354 g/mol. The van der Waals surface area contributed by atoms with E-state index in [9.17, 15) is 4.79 Å². The zero-order valence-corrected chi connectivity index (χ0v) is 15.1. The Balaban J connectivity index is 1.46. The van der Waals surface area contributed by atoms with Gasteiger partial charge in [0.05, 0.1) is 12.1 Å². The summed E-state index contributed by atoms with van der Waals surface area (Å²) in [7, 11) is 1.61. The minimum atomic E-state index is 0.0291. The molecule has 1 saturated heterocycles. The van der Waals surface area contributed by atoms with Crippen molar-refractivity contribution in [2.75, 3.05) is 38.2 Å². The average Bonchev–Trinajstić information content (AvgIpc) is 3.10. The molecule has 1 aliphatic rings. The fraction of sp³-hybridized carbons (Fsp3) is 0.278. The summed E-state index contributed by atoms with van der Waals surface area (Å²) < 4.78 is 7.02. The molecule has 3 aromatic rings. The van der Waals surface area contributed by atoms with E-state index in [0.29, 0.717) is 36.8 Å². The number of piperazine rings is 1. The molecular formula is C18H18ClN5O2. The molecule has 4 rings (SSSR count). The molecule has 26 heavy (non-hydrogen) atoms. The van der Waals surface area contributed by atoms with Crippen LogP contribution in [0.15, 0.2) is 42.6 Å². The van der Waals surface area contributed by atoms with E-state index in [2.05, 4.69) is 15.1 Å². The van der Waals surface area contributed by atoms with Crippen LogP contribution in [0, 0.1) is 0 Å². The van der Waals surface area contributed by atoms with Crippen LogP contribution in [0.2, 0.25) is 5.02 Å². The molecule has 1 aliphatic heterocycles. The van der Waals surface area contributed by atoms with Crippen molar-refractivity contribution in [3.8, 4) is 5.75 Å². The third kappa shape index (κ3) is 3.06. The van der Waals surface area contributed by atoms with Crippen LogP contribution in [0.5, 0.6) is 5.75 Å². The quantitative estimate of drug-likeness (QED) is 0.707. The molecule has 0 bridgehead atoms. The van der Waals surface area contributed by atoms with Gasteiger partial charge < -0.3 is 14.5 Å². The zero-order chi connectivity index (χ0) is 18.1. The first-order valence-corrected chi connectivity index (χ1v) is 8.72. The molecule has 0 N–H and O–H groups in total. The van der Waals surface area contributed by atoms with Crippen molar-refractivity contribution < 1.29 is 9.53 Å². The van der Waals surface area contributed by atoms with Crippen LogP contribution in [0.4, 0.5) is 5.95 Å². The van der Waals surface area contributed by atoms with Crippen molar-refractivity contribution in [1.82, 2.24) is 19.5 Å². The molecule has 0 spiro atoms. The van der Waals surface area contributed by atoms with Gasteiger partial charge in [-0.05, 0) is 36.4 Å². The first kappa shape index (κ1) is 16.7. The number of hydrogen-bond acceptors (Lipinski definition) is 5. The summed E-state index contributed by atoms with van der Waals surface area (Å²) in [4.78, 5) is 16.6. The molecule has 7 nitrogen and oxygen atoms in total. The number of halogens is 1. The highest BCUT2D eigenvalue weighted by Crippen LogP contribution is 2.20. The average molecular weight is 372 g/mol. The van der Waals surface area contributed by atoms with Gasteiger partial charge in [0.15, 0.2) is 5.65 Å². The van der Waals surface area contributed by atoms with Crippen LogP contribution in [-0.2, 0) is 0 Å². The summed E-state index contributed by atoms with van der Waals surface area (Å²) in [5.41, 5.74) is 1.42. The molecule has 1 amide bonds. The third-order valence-corrected chi connectivity index (χ3v) is 4.76. The number of carbonyl (C=O) groups excluding carboxylic acids is 1. The Morgan fingerprint density at radius 2 is 1.77 bits per heavy atom. The van der Waals surface area contributed by atoms with E-state index in [0.717, 1.165) is 17.3 Å². The van der Waals surface area contributed by atoms with Crippen molar-refractivity contribution in [2.24, 2.45) is 0 Å². The molecule has 1 fully saturated rings. The predicted octanol–water partition coefficient (Wildman–Crippen LogP) is 2.35. The van der Waals surface area contributed by atoms with E-state index >= 15 is 0 Å². The van der Waals surface area contributed by atoms with Gasteiger partial charge in [-0.1, -0.05) is 11.6 Å². The lowest BCUT2D eigenvalue weighted by molar-refractivity contribution is 0.0746. The van der Waals surface area contributed by atoms with Gasteiger partial charge in [0.2, 0.25) is 5.95 Å². The fourth-order valence-corrected chi connectivity index (χ4v) is 3.25. The SMILES string of the molecule is COc1ccc(C(=O)N2CCN(c3nnc4ccc(Cl)cn34)CC2)cc1. The second-order valence-corrected chi connectivity index (χ2v) is 6.52.